The van der Waals surface area contributed by atoms with Gasteiger partial charge in [0.05, 0.1) is 66.6 Å². The van der Waals surface area contributed by atoms with Crippen LogP contribution in [0.15, 0.2) is 11.6 Å². The van der Waals surface area contributed by atoms with Crippen molar-refractivity contribution >= 4 is 5.97 Å². The van der Waals surface area contributed by atoms with Crippen LogP contribution in [0.25, 0.3) is 0 Å². The van der Waals surface area contributed by atoms with Gasteiger partial charge in [-0.3, -0.25) is 0 Å². The molecular formula is C47H74O17. The van der Waals surface area contributed by atoms with Crippen LogP contribution >= 0.6 is 0 Å². The third-order valence-electron chi connectivity index (χ3n) is 17.9. The maximum Gasteiger partial charge on any atom is 0.331 e. The van der Waals surface area contributed by atoms with E-state index in [4.69, 9.17) is 42.6 Å². The van der Waals surface area contributed by atoms with Crippen molar-refractivity contribution in [1.82, 2.24) is 0 Å². The first-order chi connectivity index (χ1) is 30.3. The second-order valence-electron chi connectivity index (χ2n) is 21.5. The van der Waals surface area contributed by atoms with Crippen molar-refractivity contribution in [1.29, 1.82) is 0 Å². The molecular weight excluding hydrogens is 837 g/mol. The van der Waals surface area contributed by atoms with Crippen LogP contribution in [0.3, 0.4) is 0 Å². The average molecular weight is 911 g/mol. The Hall–Kier alpha value is -1.39. The first-order valence-corrected chi connectivity index (χ1v) is 24.2. The van der Waals surface area contributed by atoms with E-state index >= 15 is 0 Å². The van der Waals surface area contributed by atoms with E-state index in [1.54, 1.807) is 26.8 Å². The monoisotopic (exact) mass is 910 g/mol. The average Bonchev–Trinajstić information content (AvgIpc) is 3.78. The Morgan fingerprint density at radius 2 is 1.11 bits per heavy atom. The summed E-state index contributed by atoms with van der Waals surface area (Å²) in [6, 6.07) is 0. The highest BCUT2D eigenvalue weighted by Gasteiger charge is 2.71. The van der Waals surface area contributed by atoms with Gasteiger partial charge in [-0.15, -0.1) is 0 Å². The third-order valence-corrected chi connectivity index (χ3v) is 17.9. The molecule has 0 spiro atoms. The van der Waals surface area contributed by atoms with Crippen LogP contribution in [0.5, 0.6) is 0 Å². The molecule has 0 radical (unpaired) electrons. The Morgan fingerprint density at radius 3 is 1.61 bits per heavy atom. The summed E-state index contributed by atoms with van der Waals surface area (Å²) in [6.07, 6.45) is -5.28. The van der Waals surface area contributed by atoms with Crippen LogP contribution in [0, 0.1) is 34.5 Å². The fourth-order valence-electron chi connectivity index (χ4n) is 14.2. The number of carbonyl (C=O) groups excluding carboxylic acids is 1. The van der Waals surface area contributed by atoms with Gasteiger partial charge in [0.1, 0.15) is 31.0 Å². The summed E-state index contributed by atoms with van der Waals surface area (Å²) in [7, 11) is 0. The number of ether oxygens (including phenoxy) is 9. The van der Waals surface area contributed by atoms with Crippen LogP contribution in [0.1, 0.15) is 119 Å². The molecule has 4 aliphatic carbocycles. The fraction of sp³-hybridized carbons (Fsp3) is 0.936. The standard InChI is InChI=1S/C47H74O17/c1-21-41(54)31(48)16-38(57-21)62-43-23(3)59-40(18-33(43)50)64-44-24(4)60-39(19-34(44)51)63-42-22(2)58-37(17-32(42)49)61-27-9-11-45(5)26(14-27)7-8-29-30(45)15-35(52)46(6)28(10-12-47(29,46)55)25-13-36(53)56-20-25/h13,21-24,26-35,37-44,48-52,54-55H,7-12,14-20H2,1-6H3. The summed E-state index contributed by atoms with van der Waals surface area (Å²) in [6.45, 7) is 11.6. The van der Waals surface area contributed by atoms with E-state index in [0.29, 0.717) is 18.8 Å². The Labute approximate surface area is 376 Å². The Kier molecular flexibility index (Phi) is 13.5. The molecule has 64 heavy (non-hydrogen) atoms. The zero-order valence-corrected chi connectivity index (χ0v) is 38.2. The minimum absolute atomic E-state index is 0.0536. The van der Waals surface area contributed by atoms with Crippen LogP contribution < -0.4 is 0 Å². The highest BCUT2D eigenvalue weighted by molar-refractivity contribution is 5.85. The smallest absolute Gasteiger partial charge is 0.331 e. The topological polar surface area (TPSA) is 242 Å². The van der Waals surface area contributed by atoms with Crippen molar-refractivity contribution in [2.75, 3.05) is 6.61 Å². The van der Waals surface area contributed by atoms with E-state index in [1.807, 2.05) is 13.8 Å². The number of fused-ring (bicyclic) bond motifs is 5. The molecule has 8 fully saturated rings. The normalized spacial score (nSPS) is 55.5. The van der Waals surface area contributed by atoms with E-state index in [-0.39, 0.29) is 67.5 Å². The summed E-state index contributed by atoms with van der Waals surface area (Å²) in [5.41, 5.74) is -0.941. The number of aliphatic hydroxyl groups excluding tert-OH is 6. The first kappa shape index (κ1) is 47.7. The summed E-state index contributed by atoms with van der Waals surface area (Å²) in [5.74, 6) is 0.144. The molecule has 0 aromatic heterocycles. The second kappa shape index (κ2) is 18.2. The van der Waals surface area contributed by atoms with Gasteiger partial charge in [0.25, 0.3) is 0 Å². The molecule has 364 valence electrons. The van der Waals surface area contributed by atoms with Crippen molar-refractivity contribution in [3.05, 3.63) is 11.6 Å². The van der Waals surface area contributed by atoms with Crippen molar-refractivity contribution in [2.24, 2.45) is 34.5 Å². The van der Waals surface area contributed by atoms with Crippen LogP contribution in [0.4, 0.5) is 0 Å². The quantitative estimate of drug-likeness (QED) is 0.129. The third kappa shape index (κ3) is 8.45. The van der Waals surface area contributed by atoms with Gasteiger partial charge in [0.15, 0.2) is 25.2 Å². The maximum atomic E-state index is 12.6. The van der Waals surface area contributed by atoms with Crippen LogP contribution in [-0.2, 0) is 47.4 Å². The first-order valence-electron chi connectivity index (χ1n) is 24.2. The number of hydrogen-bond acceptors (Lipinski definition) is 17. The zero-order valence-electron chi connectivity index (χ0n) is 38.2. The minimum atomic E-state index is -1.03. The largest absolute Gasteiger partial charge is 0.458 e. The molecule has 0 aromatic rings. The van der Waals surface area contributed by atoms with E-state index < -0.39 is 116 Å². The molecule has 7 N–H and O–H groups in total. The van der Waals surface area contributed by atoms with E-state index in [2.05, 4.69) is 6.92 Å². The van der Waals surface area contributed by atoms with Gasteiger partial charge in [0.2, 0.25) is 0 Å². The molecule has 17 heteroatoms. The molecule has 5 heterocycles. The second-order valence-corrected chi connectivity index (χ2v) is 21.5. The number of rotatable bonds is 9. The number of esters is 1. The van der Waals surface area contributed by atoms with Crippen LogP contribution in [-0.4, -0.2) is 165 Å². The SMILES string of the molecule is CC1OC(OC2C(O)CC(OC3C(O)CC(OC4C(O)CC(OC5CCC6(C)C(CCC7C6CC(O)C6(C)C(C8=CC(=O)OC8)CCC76O)C5)OC4C)OC3C)OC2C)CC(O)C1O. The van der Waals surface area contributed by atoms with E-state index in [1.165, 1.54) is 0 Å². The van der Waals surface area contributed by atoms with Gasteiger partial charge in [0, 0.05) is 37.2 Å². The lowest BCUT2D eigenvalue weighted by atomic mass is 9.42. The van der Waals surface area contributed by atoms with Crippen molar-refractivity contribution in [2.45, 2.75) is 235 Å². The lowest BCUT2D eigenvalue weighted by Crippen LogP contribution is -2.67. The molecule has 17 nitrogen and oxygen atoms in total. The number of hydrogen-bond donors (Lipinski definition) is 7. The molecule has 0 bridgehead atoms. The highest BCUT2D eigenvalue weighted by atomic mass is 16.8. The Morgan fingerprint density at radius 1 is 0.594 bits per heavy atom. The Balaban J connectivity index is 0.738. The van der Waals surface area contributed by atoms with Gasteiger partial charge >= 0.3 is 5.97 Å². The predicted octanol–water partition coefficient (Wildman–Crippen LogP) is 2.10. The van der Waals surface area contributed by atoms with Crippen molar-refractivity contribution in [3.8, 4) is 0 Å². The summed E-state index contributed by atoms with van der Waals surface area (Å²) in [4.78, 5) is 12.0. The fourth-order valence-corrected chi connectivity index (χ4v) is 14.2. The van der Waals surface area contributed by atoms with Gasteiger partial charge in [-0.1, -0.05) is 13.8 Å². The molecule has 0 aromatic carbocycles. The molecule has 4 saturated carbocycles. The lowest BCUT2D eigenvalue weighted by molar-refractivity contribution is -0.344. The molecule has 4 saturated heterocycles. The minimum Gasteiger partial charge on any atom is -0.458 e. The van der Waals surface area contributed by atoms with Gasteiger partial charge in [-0.05, 0) is 114 Å². The number of cyclic esters (lactones) is 1. The summed E-state index contributed by atoms with van der Waals surface area (Å²) in [5, 5.41) is 78.4. The summed E-state index contributed by atoms with van der Waals surface area (Å²) >= 11 is 0. The molecule has 9 rings (SSSR count). The molecule has 0 amide bonds. The van der Waals surface area contributed by atoms with Crippen molar-refractivity contribution < 1.29 is 83.2 Å². The van der Waals surface area contributed by atoms with Gasteiger partial charge < -0.3 is 78.4 Å². The molecule has 5 aliphatic heterocycles. The van der Waals surface area contributed by atoms with E-state index in [9.17, 15) is 40.5 Å². The number of carbonyl (C=O) groups is 1. The van der Waals surface area contributed by atoms with Crippen molar-refractivity contribution in [3.63, 3.8) is 0 Å². The zero-order chi connectivity index (χ0) is 45.6. The highest BCUT2D eigenvalue weighted by Crippen LogP contribution is 2.70. The number of aliphatic hydroxyl groups is 7. The molecule has 25 atom stereocenters. The molecule has 25 unspecified atom stereocenters. The van der Waals surface area contributed by atoms with Gasteiger partial charge in [-0.25, -0.2) is 4.79 Å². The van der Waals surface area contributed by atoms with E-state index in [0.717, 1.165) is 44.1 Å². The van der Waals surface area contributed by atoms with Gasteiger partial charge in [-0.2, -0.15) is 0 Å². The predicted molar refractivity (Wildman–Crippen MR) is 222 cm³/mol. The lowest BCUT2D eigenvalue weighted by Gasteiger charge is -2.65. The molecule has 9 aliphatic rings. The summed E-state index contributed by atoms with van der Waals surface area (Å²) < 4.78 is 54.5. The maximum absolute atomic E-state index is 12.6. The Bertz CT molecular complexity index is 1650. The van der Waals surface area contributed by atoms with Crippen LogP contribution in [0.2, 0.25) is 0 Å².